The summed E-state index contributed by atoms with van der Waals surface area (Å²) in [5.74, 6) is 0.772. The van der Waals surface area contributed by atoms with Crippen LogP contribution in [0.15, 0.2) is 34.2 Å². The van der Waals surface area contributed by atoms with Gasteiger partial charge in [-0.2, -0.15) is 0 Å². The standard InChI is InChI=1S/C19H30N4O4S.HI/c1-2-20-19(23-10-9-16(24)14-23)21-12-15-5-7-18(8-6-15)28(25,26)22-13-17-4-3-11-27-17;/h5-8,16-17,22,24H,2-4,9-14H2,1H3,(H,20,21);1H/t16-,17?;/m1./s1. The summed E-state index contributed by atoms with van der Waals surface area (Å²) in [5, 5.41) is 13.0. The Morgan fingerprint density at radius 1 is 1.31 bits per heavy atom. The minimum atomic E-state index is -3.54. The van der Waals surface area contributed by atoms with E-state index in [1.54, 1.807) is 24.3 Å². The van der Waals surface area contributed by atoms with E-state index in [9.17, 15) is 13.5 Å². The van der Waals surface area contributed by atoms with E-state index in [0.29, 0.717) is 26.2 Å². The molecular formula is C19H31IN4O4S. The van der Waals surface area contributed by atoms with Gasteiger partial charge in [-0.1, -0.05) is 12.1 Å². The Balaban J connectivity index is 0.00000300. The fraction of sp³-hybridized carbons (Fsp3) is 0.632. The van der Waals surface area contributed by atoms with Gasteiger partial charge in [-0.15, -0.1) is 24.0 Å². The third kappa shape index (κ3) is 7.06. The van der Waals surface area contributed by atoms with Crippen molar-refractivity contribution in [2.75, 3.05) is 32.8 Å². The Morgan fingerprint density at radius 2 is 2.07 bits per heavy atom. The molecule has 0 radical (unpaired) electrons. The fourth-order valence-corrected chi connectivity index (χ4v) is 4.46. The van der Waals surface area contributed by atoms with Crippen molar-refractivity contribution < 1.29 is 18.3 Å². The molecule has 1 unspecified atom stereocenters. The lowest BCUT2D eigenvalue weighted by Gasteiger charge is -2.20. The molecule has 0 spiro atoms. The van der Waals surface area contributed by atoms with Crippen LogP contribution in [0, 0.1) is 0 Å². The molecule has 2 atom stereocenters. The van der Waals surface area contributed by atoms with Crippen molar-refractivity contribution in [1.29, 1.82) is 0 Å². The van der Waals surface area contributed by atoms with Crippen LogP contribution in [0.25, 0.3) is 0 Å². The van der Waals surface area contributed by atoms with Gasteiger partial charge in [0.1, 0.15) is 0 Å². The highest BCUT2D eigenvalue weighted by Gasteiger charge is 2.23. The third-order valence-corrected chi connectivity index (χ3v) is 6.41. The van der Waals surface area contributed by atoms with Gasteiger partial charge in [-0.05, 0) is 43.9 Å². The third-order valence-electron chi connectivity index (χ3n) is 4.97. The molecule has 2 aliphatic heterocycles. The minimum Gasteiger partial charge on any atom is -0.391 e. The second-order valence-electron chi connectivity index (χ2n) is 7.19. The van der Waals surface area contributed by atoms with E-state index in [1.807, 2.05) is 11.8 Å². The summed E-state index contributed by atoms with van der Waals surface area (Å²) in [6.07, 6.45) is 2.28. The van der Waals surface area contributed by atoms with Gasteiger partial charge in [-0.3, -0.25) is 0 Å². The summed E-state index contributed by atoms with van der Waals surface area (Å²) in [4.78, 5) is 6.91. The molecule has 3 rings (SSSR count). The molecule has 0 amide bonds. The summed E-state index contributed by atoms with van der Waals surface area (Å²) < 4.78 is 32.9. The highest BCUT2D eigenvalue weighted by molar-refractivity contribution is 14.0. The number of rotatable bonds is 7. The number of aliphatic hydroxyl groups is 1. The molecular weight excluding hydrogens is 507 g/mol. The average Bonchev–Trinajstić information content (AvgIpc) is 3.36. The van der Waals surface area contributed by atoms with Crippen LogP contribution in [-0.4, -0.2) is 69.4 Å². The topological polar surface area (TPSA) is 103 Å². The summed E-state index contributed by atoms with van der Waals surface area (Å²) >= 11 is 0. The number of sulfonamides is 1. The summed E-state index contributed by atoms with van der Waals surface area (Å²) in [6.45, 7) is 5.57. The molecule has 1 aromatic carbocycles. The maximum atomic E-state index is 12.4. The molecule has 0 saturated carbocycles. The first-order valence-electron chi connectivity index (χ1n) is 9.89. The normalized spacial score (nSPS) is 22.6. The highest BCUT2D eigenvalue weighted by Crippen LogP contribution is 2.15. The second kappa shape index (κ2) is 11.4. The van der Waals surface area contributed by atoms with Crippen LogP contribution in [0.1, 0.15) is 31.7 Å². The molecule has 29 heavy (non-hydrogen) atoms. The molecule has 2 fully saturated rings. The van der Waals surface area contributed by atoms with Crippen molar-refractivity contribution in [2.24, 2.45) is 4.99 Å². The maximum Gasteiger partial charge on any atom is 0.240 e. The first-order valence-corrected chi connectivity index (χ1v) is 11.4. The monoisotopic (exact) mass is 538 g/mol. The minimum absolute atomic E-state index is 0. The number of hydrogen-bond donors (Lipinski definition) is 3. The molecule has 3 N–H and O–H groups in total. The van der Waals surface area contributed by atoms with E-state index in [1.165, 1.54) is 0 Å². The first-order chi connectivity index (χ1) is 13.5. The Hall–Kier alpha value is -0.950. The Kier molecular flexibility index (Phi) is 9.60. The Bertz CT molecular complexity index is 767. The second-order valence-corrected chi connectivity index (χ2v) is 8.96. The zero-order chi connectivity index (χ0) is 20.0. The zero-order valence-electron chi connectivity index (χ0n) is 16.7. The largest absolute Gasteiger partial charge is 0.391 e. The number of aliphatic imine (C=N–C) groups is 1. The lowest BCUT2D eigenvalue weighted by atomic mass is 10.2. The SMILES string of the molecule is CCNC(=NCc1ccc(S(=O)(=O)NCC2CCCO2)cc1)N1CC[C@@H](O)C1.I. The van der Waals surface area contributed by atoms with Crippen molar-refractivity contribution in [2.45, 2.75) is 49.8 Å². The van der Waals surface area contributed by atoms with Gasteiger partial charge in [-0.25, -0.2) is 18.1 Å². The zero-order valence-corrected chi connectivity index (χ0v) is 19.9. The van der Waals surface area contributed by atoms with Crippen molar-refractivity contribution in [1.82, 2.24) is 14.9 Å². The van der Waals surface area contributed by atoms with Crippen molar-refractivity contribution in [3.8, 4) is 0 Å². The van der Waals surface area contributed by atoms with Gasteiger partial charge in [0.2, 0.25) is 10.0 Å². The van der Waals surface area contributed by atoms with Crippen LogP contribution in [-0.2, 0) is 21.3 Å². The molecule has 8 nitrogen and oxygen atoms in total. The predicted molar refractivity (Wildman–Crippen MR) is 123 cm³/mol. The number of halogens is 1. The molecule has 2 saturated heterocycles. The maximum absolute atomic E-state index is 12.4. The molecule has 1 aromatic rings. The van der Waals surface area contributed by atoms with Crippen molar-refractivity contribution in [3.05, 3.63) is 29.8 Å². The van der Waals surface area contributed by atoms with E-state index in [4.69, 9.17) is 4.74 Å². The van der Waals surface area contributed by atoms with Crippen LogP contribution < -0.4 is 10.0 Å². The summed E-state index contributed by atoms with van der Waals surface area (Å²) in [6, 6.07) is 6.78. The number of β-amino-alcohol motifs (C(OH)–C–C–N with tert-alkyl or cyclic N) is 1. The molecule has 2 aliphatic rings. The quantitative estimate of drug-likeness (QED) is 0.275. The smallest absolute Gasteiger partial charge is 0.240 e. The van der Waals surface area contributed by atoms with Gasteiger partial charge in [0, 0.05) is 32.8 Å². The molecule has 0 aliphatic carbocycles. The van der Waals surface area contributed by atoms with E-state index in [-0.39, 0.29) is 41.1 Å². The van der Waals surface area contributed by atoms with Crippen molar-refractivity contribution in [3.63, 3.8) is 0 Å². The molecule has 2 heterocycles. The van der Waals surface area contributed by atoms with Crippen molar-refractivity contribution >= 4 is 40.0 Å². The number of aliphatic hydroxyl groups excluding tert-OH is 1. The number of nitrogens with one attached hydrogen (secondary N) is 2. The van der Waals surface area contributed by atoms with Crippen LogP contribution >= 0.6 is 24.0 Å². The highest BCUT2D eigenvalue weighted by atomic mass is 127. The number of likely N-dealkylation sites (tertiary alicyclic amines) is 1. The predicted octanol–water partition coefficient (Wildman–Crippen LogP) is 1.29. The summed E-state index contributed by atoms with van der Waals surface area (Å²) in [7, 11) is -3.54. The molecule has 0 bridgehead atoms. The van der Waals surface area contributed by atoms with E-state index in [2.05, 4.69) is 15.0 Å². The number of guanidine groups is 1. The molecule has 164 valence electrons. The lowest BCUT2D eigenvalue weighted by molar-refractivity contribution is 0.114. The van der Waals surface area contributed by atoms with Gasteiger partial charge in [0.15, 0.2) is 5.96 Å². The molecule has 10 heteroatoms. The van der Waals surface area contributed by atoms with E-state index in [0.717, 1.165) is 43.9 Å². The summed E-state index contributed by atoms with van der Waals surface area (Å²) in [5.41, 5.74) is 0.924. The Labute approximate surface area is 190 Å². The van der Waals surface area contributed by atoms with Gasteiger partial charge >= 0.3 is 0 Å². The van der Waals surface area contributed by atoms with E-state index < -0.39 is 10.0 Å². The van der Waals surface area contributed by atoms with Gasteiger partial charge in [0.05, 0.1) is 23.6 Å². The first kappa shape index (κ1) is 24.3. The lowest BCUT2D eigenvalue weighted by Crippen LogP contribution is -2.40. The van der Waals surface area contributed by atoms with Crippen LogP contribution in [0.2, 0.25) is 0 Å². The van der Waals surface area contributed by atoms with E-state index >= 15 is 0 Å². The number of ether oxygens (including phenoxy) is 1. The van der Waals surface area contributed by atoms with Gasteiger partial charge < -0.3 is 20.1 Å². The van der Waals surface area contributed by atoms with Crippen LogP contribution in [0.4, 0.5) is 0 Å². The van der Waals surface area contributed by atoms with Gasteiger partial charge in [0.25, 0.3) is 0 Å². The van der Waals surface area contributed by atoms with Crippen LogP contribution in [0.5, 0.6) is 0 Å². The van der Waals surface area contributed by atoms with Crippen LogP contribution in [0.3, 0.4) is 0 Å². The Morgan fingerprint density at radius 3 is 2.66 bits per heavy atom. The number of hydrogen-bond acceptors (Lipinski definition) is 5. The number of nitrogens with zero attached hydrogens (tertiary/aromatic N) is 2. The average molecular weight is 538 g/mol. The number of benzene rings is 1. The molecule has 0 aromatic heterocycles. The fourth-order valence-electron chi connectivity index (χ4n) is 3.39.